The molecule has 6 nitrogen and oxygen atoms in total. The molecule has 0 aliphatic carbocycles. The number of amides is 1. The summed E-state index contributed by atoms with van der Waals surface area (Å²) >= 11 is 0. The maximum absolute atomic E-state index is 12.8. The maximum atomic E-state index is 12.8. The second kappa shape index (κ2) is 6.56. The number of aliphatic hydroxyl groups is 1. The zero-order chi connectivity index (χ0) is 17.3. The van der Waals surface area contributed by atoms with Crippen LogP contribution < -0.4 is 10.2 Å². The number of carbonyl (C=O) groups is 1. The minimum Gasteiger partial charge on any atom is -0.392 e. The zero-order valence-corrected chi connectivity index (χ0v) is 13.0. The van der Waals surface area contributed by atoms with Crippen LogP contribution in [0.1, 0.15) is 12.0 Å². The highest BCUT2D eigenvalue weighted by Crippen LogP contribution is 2.30. The van der Waals surface area contributed by atoms with Crippen molar-refractivity contribution in [2.24, 2.45) is 0 Å². The van der Waals surface area contributed by atoms with E-state index in [1.165, 1.54) is 0 Å². The van der Waals surface area contributed by atoms with Crippen molar-refractivity contribution in [1.29, 1.82) is 0 Å². The summed E-state index contributed by atoms with van der Waals surface area (Å²) in [5.74, 6) is 0.203. The van der Waals surface area contributed by atoms with Crippen molar-refractivity contribution in [2.45, 2.75) is 24.7 Å². The number of aromatic nitrogens is 1. The number of pyridine rings is 1. The quantitative estimate of drug-likeness (QED) is 0.816. The van der Waals surface area contributed by atoms with Gasteiger partial charge < -0.3 is 20.2 Å². The highest BCUT2D eigenvalue weighted by molar-refractivity contribution is 5.82. The molecule has 1 aromatic rings. The number of piperazine rings is 1. The largest absolute Gasteiger partial charge is 0.416 e. The van der Waals surface area contributed by atoms with Gasteiger partial charge in [0.2, 0.25) is 5.91 Å². The number of rotatable bonds is 2. The van der Waals surface area contributed by atoms with Crippen molar-refractivity contribution in [3.8, 4) is 0 Å². The predicted molar refractivity (Wildman–Crippen MR) is 80.4 cm³/mol. The minimum atomic E-state index is -4.40. The Morgan fingerprint density at radius 2 is 2.00 bits per heavy atom. The second-order valence-electron chi connectivity index (χ2n) is 6.06. The first kappa shape index (κ1) is 17.0. The molecule has 24 heavy (non-hydrogen) atoms. The van der Waals surface area contributed by atoms with Gasteiger partial charge in [-0.05, 0) is 18.6 Å². The molecule has 1 amide bonds. The SMILES string of the molecule is O=C([C@@H]1C[C@H](O)CN1)N1CCN(c2cc(C(F)(F)F)ccn2)CC1. The van der Waals surface area contributed by atoms with E-state index < -0.39 is 17.8 Å². The smallest absolute Gasteiger partial charge is 0.392 e. The summed E-state index contributed by atoms with van der Waals surface area (Å²) < 4.78 is 38.3. The molecule has 9 heteroatoms. The molecule has 0 bridgehead atoms. The number of carbonyl (C=O) groups excluding carboxylic acids is 1. The van der Waals surface area contributed by atoms with Gasteiger partial charge in [-0.3, -0.25) is 4.79 Å². The molecule has 2 fully saturated rings. The van der Waals surface area contributed by atoms with E-state index >= 15 is 0 Å². The van der Waals surface area contributed by atoms with Crippen LogP contribution in [-0.4, -0.2) is 65.8 Å². The van der Waals surface area contributed by atoms with E-state index in [-0.39, 0.29) is 17.8 Å². The second-order valence-corrected chi connectivity index (χ2v) is 6.06. The van der Waals surface area contributed by atoms with Gasteiger partial charge in [0, 0.05) is 38.9 Å². The third-order valence-corrected chi connectivity index (χ3v) is 4.39. The molecular formula is C15H19F3N4O2. The maximum Gasteiger partial charge on any atom is 0.416 e. The van der Waals surface area contributed by atoms with Gasteiger partial charge in [-0.15, -0.1) is 0 Å². The molecule has 3 heterocycles. The number of anilines is 1. The fourth-order valence-corrected chi connectivity index (χ4v) is 3.05. The molecule has 0 radical (unpaired) electrons. The van der Waals surface area contributed by atoms with Crippen LogP contribution in [-0.2, 0) is 11.0 Å². The molecule has 0 saturated carbocycles. The summed E-state index contributed by atoms with van der Waals surface area (Å²) in [4.78, 5) is 19.8. The first-order valence-corrected chi connectivity index (χ1v) is 7.83. The van der Waals surface area contributed by atoms with Crippen molar-refractivity contribution in [3.63, 3.8) is 0 Å². The van der Waals surface area contributed by atoms with Crippen LogP contribution in [0.2, 0.25) is 0 Å². The average Bonchev–Trinajstić information content (AvgIpc) is 3.00. The molecule has 3 rings (SSSR count). The lowest BCUT2D eigenvalue weighted by Crippen LogP contribution is -2.53. The normalized spacial score (nSPS) is 25.2. The topological polar surface area (TPSA) is 68.7 Å². The molecule has 2 aliphatic rings. The Bertz CT molecular complexity index is 603. The summed E-state index contributed by atoms with van der Waals surface area (Å²) in [7, 11) is 0. The number of halogens is 3. The van der Waals surface area contributed by atoms with E-state index in [1.54, 1.807) is 9.80 Å². The summed E-state index contributed by atoms with van der Waals surface area (Å²) in [6, 6.07) is 1.60. The summed E-state index contributed by atoms with van der Waals surface area (Å²) in [6.45, 7) is 2.10. The van der Waals surface area contributed by atoms with Gasteiger partial charge in [0.1, 0.15) is 5.82 Å². The van der Waals surface area contributed by atoms with Gasteiger partial charge in [0.15, 0.2) is 0 Å². The highest BCUT2D eigenvalue weighted by atomic mass is 19.4. The van der Waals surface area contributed by atoms with Crippen LogP contribution in [0.4, 0.5) is 19.0 Å². The lowest BCUT2D eigenvalue weighted by molar-refractivity contribution is -0.137. The molecular weight excluding hydrogens is 325 g/mol. The zero-order valence-electron chi connectivity index (χ0n) is 13.0. The average molecular weight is 344 g/mol. The molecule has 2 aliphatic heterocycles. The number of β-amino-alcohol motifs (C(OH)–C–C–N with tert-alkyl or cyclic N) is 1. The van der Waals surface area contributed by atoms with Crippen LogP contribution in [0, 0.1) is 0 Å². The third kappa shape index (κ3) is 3.62. The number of aliphatic hydroxyl groups excluding tert-OH is 1. The predicted octanol–water partition coefficient (Wildman–Crippen LogP) is 0.472. The Balaban J connectivity index is 1.60. The first-order valence-electron chi connectivity index (χ1n) is 7.83. The van der Waals surface area contributed by atoms with Crippen LogP contribution >= 0.6 is 0 Å². The number of nitrogens with one attached hydrogen (secondary N) is 1. The molecule has 2 saturated heterocycles. The standard InChI is InChI=1S/C15H19F3N4O2/c16-15(17,18)10-1-2-19-13(7-10)21-3-5-22(6-4-21)14(24)12-8-11(23)9-20-12/h1-2,7,11-12,20,23H,3-6,8-9H2/t11-,12-/m0/s1. The Kier molecular flexibility index (Phi) is 4.64. The molecule has 0 spiro atoms. The fraction of sp³-hybridized carbons (Fsp3) is 0.600. The number of alkyl halides is 3. The van der Waals surface area contributed by atoms with Gasteiger partial charge in [-0.2, -0.15) is 13.2 Å². The summed E-state index contributed by atoms with van der Waals surface area (Å²) in [5, 5.41) is 12.5. The Labute approximate surface area is 137 Å². The van der Waals surface area contributed by atoms with E-state index in [0.29, 0.717) is 39.1 Å². The van der Waals surface area contributed by atoms with Crippen LogP contribution in [0.3, 0.4) is 0 Å². The van der Waals surface area contributed by atoms with E-state index in [0.717, 1.165) is 18.3 Å². The number of nitrogens with zero attached hydrogens (tertiary/aromatic N) is 3. The van der Waals surface area contributed by atoms with Crippen molar-refractivity contribution >= 4 is 11.7 Å². The van der Waals surface area contributed by atoms with Gasteiger partial charge >= 0.3 is 6.18 Å². The first-order chi connectivity index (χ1) is 11.3. The van der Waals surface area contributed by atoms with Crippen molar-refractivity contribution in [2.75, 3.05) is 37.6 Å². The lowest BCUT2D eigenvalue weighted by Gasteiger charge is -2.36. The number of hydrogen-bond acceptors (Lipinski definition) is 5. The summed E-state index contributed by atoms with van der Waals surface area (Å²) in [6.07, 6.45) is -3.35. The Morgan fingerprint density at radius 1 is 1.29 bits per heavy atom. The van der Waals surface area contributed by atoms with Crippen LogP contribution in [0.5, 0.6) is 0 Å². The van der Waals surface area contributed by atoms with Crippen molar-refractivity contribution < 1.29 is 23.1 Å². The van der Waals surface area contributed by atoms with E-state index in [1.807, 2.05) is 0 Å². The highest BCUT2D eigenvalue weighted by Gasteiger charge is 2.34. The van der Waals surface area contributed by atoms with Gasteiger partial charge in [0.05, 0.1) is 17.7 Å². The Hall–Kier alpha value is -1.87. The molecule has 132 valence electrons. The molecule has 2 N–H and O–H groups in total. The van der Waals surface area contributed by atoms with Crippen molar-refractivity contribution in [3.05, 3.63) is 23.9 Å². The Morgan fingerprint density at radius 3 is 2.58 bits per heavy atom. The van der Waals surface area contributed by atoms with E-state index in [4.69, 9.17) is 0 Å². The van der Waals surface area contributed by atoms with Crippen LogP contribution in [0.25, 0.3) is 0 Å². The monoisotopic (exact) mass is 344 g/mol. The lowest BCUT2D eigenvalue weighted by atomic mass is 10.1. The van der Waals surface area contributed by atoms with Crippen LogP contribution in [0.15, 0.2) is 18.3 Å². The summed E-state index contributed by atoms with van der Waals surface area (Å²) in [5.41, 5.74) is -0.727. The third-order valence-electron chi connectivity index (χ3n) is 4.39. The minimum absolute atomic E-state index is 0.0665. The fourth-order valence-electron chi connectivity index (χ4n) is 3.05. The molecule has 0 unspecified atom stereocenters. The molecule has 2 atom stereocenters. The number of hydrogen-bond donors (Lipinski definition) is 2. The molecule has 0 aromatic carbocycles. The van der Waals surface area contributed by atoms with E-state index in [9.17, 15) is 23.1 Å². The molecule has 1 aromatic heterocycles. The van der Waals surface area contributed by atoms with Gasteiger partial charge in [-0.1, -0.05) is 0 Å². The van der Waals surface area contributed by atoms with Crippen molar-refractivity contribution in [1.82, 2.24) is 15.2 Å². The van der Waals surface area contributed by atoms with Gasteiger partial charge in [0.25, 0.3) is 0 Å². The van der Waals surface area contributed by atoms with Gasteiger partial charge in [-0.25, -0.2) is 4.98 Å². The van der Waals surface area contributed by atoms with E-state index in [2.05, 4.69) is 10.3 Å².